The Morgan fingerprint density at radius 2 is 2.22 bits per heavy atom. The fourth-order valence-electron chi connectivity index (χ4n) is 3.25. The summed E-state index contributed by atoms with van der Waals surface area (Å²) in [6.07, 6.45) is 3.63. The molecule has 2 aromatic rings. The summed E-state index contributed by atoms with van der Waals surface area (Å²) >= 11 is 1.70. The summed E-state index contributed by atoms with van der Waals surface area (Å²) in [6.45, 7) is 0.888. The van der Waals surface area contributed by atoms with Gasteiger partial charge in [0, 0.05) is 32.7 Å². The molecule has 4 heteroatoms. The van der Waals surface area contributed by atoms with Gasteiger partial charge < -0.3 is 9.80 Å². The number of hydrogen-bond acceptors (Lipinski definition) is 3. The minimum absolute atomic E-state index is 0.241. The zero-order valence-electron chi connectivity index (χ0n) is 13.9. The minimum Gasteiger partial charge on any atom is -0.378 e. The predicted molar refractivity (Wildman–Crippen MR) is 97.1 cm³/mol. The first-order valence-corrected chi connectivity index (χ1v) is 9.17. The monoisotopic (exact) mass is 328 g/mol. The molecule has 0 radical (unpaired) electrons. The molecule has 1 aliphatic rings. The molecule has 1 unspecified atom stereocenters. The quantitative estimate of drug-likeness (QED) is 0.824. The first kappa shape index (κ1) is 16.1. The molecule has 0 N–H and O–H groups in total. The van der Waals surface area contributed by atoms with Crippen molar-refractivity contribution in [2.75, 3.05) is 25.5 Å². The molecule has 1 fully saturated rings. The molecule has 3 nitrogen and oxygen atoms in total. The number of benzene rings is 1. The number of likely N-dealkylation sites (tertiary alicyclic amines) is 1. The number of carbonyl (C=O) groups is 1. The molecule has 1 aromatic carbocycles. The third-order valence-electron chi connectivity index (χ3n) is 4.55. The second-order valence-electron chi connectivity index (χ2n) is 6.37. The summed E-state index contributed by atoms with van der Waals surface area (Å²) in [4.78, 5) is 16.9. The van der Waals surface area contributed by atoms with E-state index in [1.165, 1.54) is 16.8 Å². The average Bonchev–Trinajstić information content (AvgIpc) is 3.24. The van der Waals surface area contributed by atoms with Gasteiger partial charge in [-0.1, -0.05) is 12.1 Å². The Bertz CT molecular complexity index is 651. The summed E-state index contributed by atoms with van der Waals surface area (Å²) in [5.74, 6) is 0.286. The van der Waals surface area contributed by atoms with Gasteiger partial charge >= 0.3 is 0 Å². The zero-order chi connectivity index (χ0) is 16.2. The van der Waals surface area contributed by atoms with Crippen LogP contribution < -0.4 is 4.90 Å². The van der Waals surface area contributed by atoms with E-state index in [0.717, 1.165) is 25.8 Å². The van der Waals surface area contributed by atoms with Crippen molar-refractivity contribution in [1.82, 2.24) is 4.90 Å². The summed E-state index contributed by atoms with van der Waals surface area (Å²) in [5, 5.41) is 4.21. The van der Waals surface area contributed by atoms with Crippen molar-refractivity contribution < 1.29 is 4.79 Å². The lowest BCUT2D eigenvalue weighted by molar-refractivity contribution is -0.132. The first-order chi connectivity index (χ1) is 11.1. The lowest BCUT2D eigenvalue weighted by Gasteiger charge is -2.26. The van der Waals surface area contributed by atoms with E-state index >= 15 is 0 Å². The molecule has 1 saturated heterocycles. The van der Waals surface area contributed by atoms with Crippen molar-refractivity contribution in [2.24, 2.45) is 0 Å². The molecule has 0 aliphatic carbocycles. The number of carbonyl (C=O) groups excluding carboxylic acids is 1. The number of hydrogen-bond donors (Lipinski definition) is 0. The van der Waals surface area contributed by atoms with E-state index in [-0.39, 0.29) is 11.9 Å². The van der Waals surface area contributed by atoms with Gasteiger partial charge in [-0.3, -0.25) is 4.79 Å². The lowest BCUT2D eigenvalue weighted by atomic mass is 10.0. The number of amides is 1. The molecule has 3 rings (SSSR count). The van der Waals surface area contributed by atoms with Gasteiger partial charge in [0.1, 0.15) is 0 Å². The van der Waals surface area contributed by atoms with E-state index in [2.05, 4.69) is 65.0 Å². The molecule has 2 heterocycles. The molecule has 0 saturated carbocycles. The number of anilines is 1. The second kappa shape index (κ2) is 7.18. The Hall–Kier alpha value is -1.81. The van der Waals surface area contributed by atoms with Crippen LogP contribution in [0.3, 0.4) is 0 Å². The van der Waals surface area contributed by atoms with Crippen molar-refractivity contribution in [3.63, 3.8) is 0 Å². The fourth-order valence-corrected chi connectivity index (χ4v) is 3.95. The van der Waals surface area contributed by atoms with Crippen LogP contribution in [0.4, 0.5) is 5.69 Å². The van der Waals surface area contributed by atoms with Crippen molar-refractivity contribution >= 4 is 22.9 Å². The van der Waals surface area contributed by atoms with Crippen LogP contribution in [0, 0.1) is 0 Å². The molecule has 1 aromatic heterocycles. The Balaban J connectivity index is 1.69. The molecule has 0 spiro atoms. The summed E-state index contributed by atoms with van der Waals surface area (Å²) in [5.41, 5.74) is 3.73. The number of thiophene rings is 1. The number of rotatable bonds is 5. The van der Waals surface area contributed by atoms with E-state index in [1.807, 2.05) is 0 Å². The predicted octanol–water partition coefficient (Wildman–Crippen LogP) is 4.11. The van der Waals surface area contributed by atoms with Crippen LogP contribution in [0.5, 0.6) is 0 Å². The maximum absolute atomic E-state index is 12.7. The molecular weight excluding hydrogens is 304 g/mol. The van der Waals surface area contributed by atoms with Crippen molar-refractivity contribution in [1.29, 1.82) is 0 Å². The van der Waals surface area contributed by atoms with Gasteiger partial charge in [0.2, 0.25) is 5.91 Å². The van der Waals surface area contributed by atoms with E-state index in [9.17, 15) is 4.79 Å². The maximum atomic E-state index is 12.7. The zero-order valence-corrected chi connectivity index (χ0v) is 14.7. The van der Waals surface area contributed by atoms with Crippen molar-refractivity contribution in [2.45, 2.75) is 31.7 Å². The van der Waals surface area contributed by atoms with Crippen LogP contribution in [0.2, 0.25) is 0 Å². The van der Waals surface area contributed by atoms with E-state index in [4.69, 9.17) is 0 Å². The van der Waals surface area contributed by atoms with Gasteiger partial charge in [-0.15, -0.1) is 0 Å². The topological polar surface area (TPSA) is 23.6 Å². The summed E-state index contributed by atoms with van der Waals surface area (Å²) in [6, 6.07) is 10.9. The standard InChI is InChI=1S/C19H24N2OS/c1-20(2)17-6-3-5-16(13-17)18-7-4-11-21(18)19(22)9-8-15-10-12-23-14-15/h3,5-6,10,12-14,18H,4,7-9,11H2,1-2H3. The molecule has 0 bridgehead atoms. The first-order valence-electron chi connectivity index (χ1n) is 8.23. The van der Waals surface area contributed by atoms with E-state index in [0.29, 0.717) is 6.42 Å². The molecule has 23 heavy (non-hydrogen) atoms. The SMILES string of the molecule is CN(C)c1cccc(C2CCCN2C(=O)CCc2ccsc2)c1. The van der Waals surface area contributed by atoms with Gasteiger partial charge in [0.05, 0.1) is 6.04 Å². The highest BCUT2D eigenvalue weighted by atomic mass is 32.1. The maximum Gasteiger partial charge on any atom is 0.223 e. The van der Waals surface area contributed by atoms with Gasteiger partial charge in [-0.25, -0.2) is 0 Å². The van der Waals surface area contributed by atoms with E-state index < -0.39 is 0 Å². The summed E-state index contributed by atoms with van der Waals surface area (Å²) < 4.78 is 0. The third kappa shape index (κ3) is 3.75. The van der Waals surface area contributed by atoms with Crippen LogP contribution >= 0.6 is 11.3 Å². The van der Waals surface area contributed by atoms with Crippen LogP contribution in [0.25, 0.3) is 0 Å². The highest BCUT2D eigenvalue weighted by Crippen LogP contribution is 2.34. The Kier molecular flexibility index (Phi) is 5.01. The highest BCUT2D eigenvalue weighted by Gasteiger charge is 2.29. The minimum atomic E-state index is 0.241. The number of nitrogens with zero attached hydrogens (tertiary/aromatic N) is 2. The Labute approximate surface area is 142 Å². The van der Waals surface area contributed by atoms with Crippen LogP contribution in [-0.4, -0.2) is 31.4 Å². The van der Waals surface area contributed by atoms with Crippen LogP contribution in [-0.2, 0) is 11.2 Å². The lowest BCUT2D eigenvalue weighted by Crippen LogP contribution is -2.30. The molecular formula is C19H24N2OS. The molecule has 1 aliphatic heterocycles. The molecule has 122 valence electrons. The Morgan fingerprint density at radius 1 is 1.35 bits per heavy atom. The normalized spacial score (nSPS) is 17.5. The van der Waals surface area contributed by atoms with Crippen LogP contribution in [0.15, 0.2) is 41.1 Å². The van der Waals surface area contributed by atoms with Gasteiger partial charge in [0.25, 0.3) is 0 Å². The van der Waals surface area contributed by atoms with Gasteiger partial charge in [0.15, 0.2) is 0 Å². The average molecular weight is 328 g/mol. The largest absolute Gasteiger partial charge is 0.378 e. The highest BCUT2D eigenvalue weighted by molar-refractivity contribution is 7.07. The van der Waals surface area contributed by atoms with Crippen LogP contribution in [0.1, 0.15) is 36.4 Å². The fraction of sp³-hybridized carbons (Fsp3) is 0.421. The number of aryl methyl sites for hydroxylation is 1. The molecule has 1 atom stereocenters. The molecule has 1 amide bonds. The third-order valence-corrected chi connectivity index (χ3v) is 5.28. The van der Waals surface area contributed by atoms with Gasteiger partial charge in [-0.05, 0) is 59.3 Å². The Morgan fingerprint density at radius 3 is 2.96 bits per heavy atom. The van der Waals surface area contributed by atoms with Gasteiger partial charge in [-0.2, -0.15) is 11.3 Å². The van der Waals surface area contributed by atoms with Crippen molar-refractivity contribution in [3.05, 3.63) is 52.2 Å². The summed E-state index contributed by atoms with van der Waals surface area (Å²) in [7, 11) is 4.11. The smallest absolute Gasteiger partial charge is 0.223 e. The van der Waals surface area contributed by atoms with E-state index in [1.54, 1.807) is 11.3 Å². The second-order valence-corrected chi connectivity index (χ2v) is 7.15. The van der Waals surface area contributed by atoms with Crippen molar-refractivity contribution in [3.8, 4) is 0 Å².